The van der Waals surface area contributed by atoms with E-state index in [9.17, 15) is 4.79 Å². The highest BCUT2D eigenvalue weighted by Crippen LogP contribution is 2.23. The normalized spacial score (nSPS) is 16.5. The fraction of sp³-hybridized carbons (Fsp3) is 0.474. The van der Waals surface area contributed by atoms with Crippen LogP contribution in [-0.4, -0.2) is 40.2 Å². The number of benzene rings is 1. The summed E-state index contributed by atoms with van der Waals surface area (Å²) in [5.74, 6) is 0.203. The number of aromatic nitrogens is 2. The van der Waals surface area contributed by atoms with E-state index in [1.54, 1.807) is 0 Å². The standard InChI is InChI=1S/C19H26N4O.2ClH/c1-3-16-4-6-17(7-5-16)18-13-20-9-11-23(18)19(24)8-10-22-14-15(2)12-21-22;;/h4-7,12,14,18,20H,3,8-11,13H2,1-2H3;2*1H. The van der Waals surface area contributed by atoms with Crippen LogP contribution in [0.2, 0.25) is 0 Å². The van der Waals surface area contributed by atoms with Gasteiger partial charge in [-0.3, -0.25) is 9.48 Å². The Morgan fingerprint density at radius 2 is 2.00 bits per heavy atom. The lowest BCUT2D eigenvalue weighted by molar-refractivity contribution is -0.134. The Morgan fingerprint density at radius 3 is 2.62 bits per heavy atom. The molecule has 0 saturated carbocycles. The lowest BCUT2D eigenvalue weighted by Crippen LogP contribution is -2.48. The van der Waals surface area contributed by atoms with Gasteiger partial charge in [0.25, 0.3) is 0 Å². The Balaban J connectivity index is 0.00000169. The van der Waals surface area contributed by atoms with Gasteiger partial charge in [-0.2, -0.15) is 5.10 Å². The predicted octanol–water partition coefficient (Wildman–Crippen LogP) is 3.16. The predicted molar refractivity (Wildman–Crippen MR) is 109 cm³/mol. The van der Waals surface area contributed by atoms with Crippen molar-refractivity contribution >= 4 is 30.7 Å². The SMILES string of the molecule is CCc1ccc(C2CNCCN2C(=O)CCn2cc(C)cn2)cc1.Cl.Cl. The van der Waals surface area contributed by atoms with Crippen molar-refractivity contribution < 1.29 is 4.79 Å². The molecule has 1 aliphatic rings. The van der Waals surface area contributed by atoms with Crippen LogP contribution in [0.5, 0.6) is 0 Å². The van der Waals surface area contributed by atoms with Crippen LogP contribution in [0.25, 0.3) is 0 Å². The summed E-state index contributed by atoms with van der Waals surface area (Å²) in [4.78, 5) is 14.8. The van der Waals surface area contributed by atoms with Crippen LogP contribution in [0.3, 0.4) is 0 Å². The monoisotopic (exact) mass is 398 g/mol. The van der Waals surface area contributed by atoms with Crippen molar-refractivity contribution in [2.45, 2.75) is 39.3 Å². The van der Waals surface area contributed by atoms with E-state index in [-0.39, 0.29) is 36.8 Å². The van der Waals surface area contributed by atoms with Crippen molar-refractivity contribution in [3.63, 3.8) is 0 Å². The maximum Gasteiger partial charge on any atom is 0.225 e. The topological polar surface area (TPSA) is 50.2 Å². The van der Waals surface area contributed by atoms with E-state index >= 15 is 0 Å². The third-order valence-corrected chi connectivity index (χ3v) is 4.65. The lowest BCUT2D eigenvalue weighted by atomic mass is 10.0. The van der Waals surface area contributed by atoms with Gasteiger partial charge in [-0.05, 0) is 30.0 Å². The summed E-state index contributed by atoms with van der Waals surface area (Å²) < 4.78 is 1.85. The molecule has 1 atom stereocenters. The smallest absolute Gasteiger partial charge is 0.225 e. The molecule has 1 aromatic carbocycles. The molecule has 2 aromatic rings. The first kappa shape index (κ1) is 22.5. The number of carbonyl (C=O) groups is 1. The zero-order chi connectivity index (χ0) is 16.9. The highest BCUT2D eigenvalue weighted by atomic mass is 35.5. The number of hydrogen-bond donors (Lipinski definition) is 1. The number of halogens is 2. The summed E-state index contributed by atoms with van der Waals surface area (Å²) in [7, 11) is 0. The maximum atomic E-state index is 12.7. The van der Waals surface area contributed by atoms with Crippen LogP contribution in [0.4, 0.5) is 0 Å². The first-order chi connectivity index (χ1) is 11.7. The van der Waals surface area contributed by atoms with Crippen molar-refractivity contribution in [2.75, 3.05) is 19.6 Å². The second kappa shape index (κ2) is 10.6. The third kappa shape index (κ3) is 5.47. The Kier molecular flexibility index (Phi) is 9.13. The van der Waals surface area contributed by atoms with Crippen molar-refractivity contribution in [3.8, 4) is 0 Å². The van der Waals surface area contributed by atoms with Gasteiger partial charge in [-0.15, -0.1) is 24.8 Å². The second-order valence-corrected chi connectivity index (χ2v) is 6.43. The molecule has 0 aliphatic carbocycles. The number of nitrogens with zero attached hydrogens (tertiary/aromatic N) is 3. The number of aryl methyl sites for hydroxylation is 3. The van der Waals surface area contributed by atoms with Gasteiger partial charge in [0.15, 0.2) is 0 Å². The Bertz CT molecular complexity index is 687. The van der Waals surface area contributed by atoms with Gasteiger partial charge in [0.2, 0.25) is 5.91 Å². The van der Waals surface area contributed by atoms with E-state index in [1.807, 2.05) is 28.9 Å². The minimum absolute atomic E-state index is 0. The van der Waals surface area contributed by atoms with E-state index < -0.39 is 0 Å². The summed E-state index contributed by atoms with van der Waals surface area (Å²) in [5, 5.41) is 7.68. The molecule has 144 valence electrons. The Hall–Kier alpha value is -1.56. The molecular weight excluding hydrogens is 371 g/mol. The molecule has 1 saturated heterocycles. The van der Waals surface area contributed by atoms with Gasteiger partial charge in [0.05, 0.1) is 12.2 Å². The molecule has 0 bridgehead atoms. The molecule has 26 heavy (non-hydrogen) atoms. The minimum Gasteiger partial charge on any atom is -0.333 e. The molecule has 2 heterocycles. The zero-order valence-electron chi connectivity index (χ0n) is 15.4. The first-order valence-electron chi connectivity index (χ1n) is 8.75. The number of piperazine rings is 1. The molecule has 1 amide bonds. The van der Waals surface area contributed by atoms with Crippen molar-refractivity contribution in [2.24, 2.45) is 0 Å². The first-order valence-corrected chi connectivity index (χ1v) is 8.75. The zero-order valence-corrected chi connectivity index (χ0v) is 17.0. The van der Waals surface area contributed by atoms with Gasteiger partial charge in [0, 0.05) is 38.8 Å². The number of nitrogens with one attached hydrogen (secondary N) is 1. The van der Waals surface area contributed by atoms with E-state index in [4.69, 9.17) is 0 Å². The molecule has 7 heteroatoms. The summed E-state index contributed by atoms with van der Waals surface area (Å²) in [6.07, 6.45) is 5.33. The third-order valence-electron chi connectivity index (χ3n) is 4.65. The second-order valence-electron chi connectivity index (χ2n) is 6.43. The van der Waals surface area contributed by atoms with E-state index in [0.29, 0.717) is 13.0 Å². The number of hydrogen-bond acceptors (Lipinski definition) is 3. The van der Waals surface area contributed by atoms with Gasteiger partial charge >= 0.3 is 0 Å². The molecule has 1 unspecified atom stereocenters. The molecule has 0 radical (unpaired) electrons. The molecule has 5 nitrogen and oxygen atoms in total. The van der Waals surface area contributed by atoms with E-state index in [2.05, 4.69) is 41.6 Å². The molecular formula is C19H28Cl2N4O. The fourth-order valence-electron chi connectivity index (χ4n) is 3.22. The molecule has 1 fully saturated rings. The lowest BCUT2D eigenvalue weighted by Gasteiger charge is -2.36. The largest absolute Gasteiger partial charge is 0.333 e. The fourth-order valence-corrected chi connectivity index (χ4v) is 3.22. The van der Waals surface area contributed by atoms with Crippen LogP contribution in [-0.2, 0) is 17.8 Å². The average molecular weight is 399 g/mol. The molecule has 0 spiro atoms. The minimum atomic E-state index is 0. The highest BCUT2D eigenvalue weighted by molar-refractivity contribution is 5.85. The summed E-state index contributed by atoms with van der Waals surface area (Å²) in [6, 6.07) is 8.77. The van der Waals surface area contributed by atoms with Crippen molar-refractivity contribution in [3.05, 3.63) is 53.3 Å². The molecule has 1 aromatic heterocycles. The van der Waals surface area contributed by atoms with E-state index in [1.165, 1.54) is 11.1 Å². The Morgan fingerprint density at radius 1 is 1.27 bits per heavy atom. The van der Waals surface area contributed by atoms with E-state index in [0.717, 1.165) is 31.6 Å². The quantitative estimate of drug-likeness (QED) is 0.841. The average Bonchev–Trinajstić information content (AvgIpc) is 3.05. The summed E-state index contributed by atoms with van der Waals surface area (Å²) in [6.45, 7) is 7.24. The van der Waals surface area contributed by atoms with Gasteiger partial charge in [-0.1, -0.05) is 31.2 Å². The van der Waals surface area contributed by atoms with Crippen LogP contribution in [0, 0.1) is 6.92 Å². The number of amides is 1. The van der Waals surface area contributed by atoms with Gasteiger partial charge < -0.3 is 10.2 Å². The van der Waals surface area contributed by atoms with Gasteiger partial charge in [0.1, 0.15) is 0 Å². The van der Waals surface area contributed by atoms with Crippen LogP contribution in [0.15, 0.2) is 36.7 Å². The summed E-state index contributed by atoms with van der Waals surface area (Å²) in [5.41, 5.74) is 3.66. The van der Waals surface area contributed by atoms with Crippen LogP contribution >= 0.6 is 24.8 Å². The Labute approximate surface area is 168 Å². The summed E-state index contributed by atoms with van der Waals surface area (Å²) >= 11 is 0. The van der Waals surface area contributed by atoms with Gasteiger partial charge in [-0.25, -0.2) is 0 Å². The number of rotatable bonds is 5. The number of carbonyl (C=O) groups excluding carboxylic acids is 1. The van der Waals surface area contributed by atoms with Crippen molar-refractivity contribution in [1.29, 1.82) is 0 Å². The van der Waals surface area contributed by atoms with Crippen LogP contribution < -0.4 is 5.32 Å². The van der Waals surface area contributed by atoms with Crippen molar-refractivity contribution in [1.82, 2.24) is 20.0 Å². The molecule has 1 N–H and O–H groups in total. The van der Waals surface area contributed by atoms with Crippen LogP contribution in [0.1, 0.15) is 36.1 Å². The maximum absolute atomic E-state index is 12.7. The molecule has 3 rings (SSSR count). The molecule has 1 aliphatic heterocycles. The highest BCUT2D eigenvalue weighted by Gasteiger charge is 2.27.